The Hall–Kier alpha value is -3.15. The third-order valence-electron chi connectivity index (χ3n) is 4.83. The van der Waals surface area contributed by atoms with Crippen LogP contribution in [0.1, 0.15) is 23.2 Å². The van der Waals surface area contributed by atoms with Crippen molar-refractivity contribution in [2.24, 2.45) is 0 Å². The van der Waals surface area contributed by atoms with E-state index in [0.717, 1.165) is 30.6 Å². The van der Waals surface area contributed by atoms with Gasteiger partial charge in [0, 0.05) is 42.8 Å². The van der Waals surface area contributed by atoms with Crippen molar-refractivity contribution >= 4 is 11.6 Å². The van der Waals surface area contributed by atoms with Crippen LogP contribution in [0.2, 0.25) is 0 Å². The second-order valence-electron chi connectivity index (χ2n) is 6.72. The average molecular weight is 364 g/mol. The fourth-order valence-electron chi connectivity index (χ4n) is 3.52. The van der Waals surface area contributed by atoms with E-state index < -0.39 is 0 Å². The van der Waals surface area contributed by atoms with Crippen LogP contribution in [0.3, 0.4) is 0 Å². The summed E-state index contributed by atoms with van der Waals surface area (Å²) in [4.78, 5) is 22.4. The largest absolute Gasteiger partial charge is 0.381 e. The first-order valence-corrected chi connectivity index (χ1v) is 9.11. The lowest BCUT2D eigenvalue weighted by atomic mass is 10.0. The van der Waals surface area contributed by atoms with E-state index in [2.05, 4.69) is 15.3 Å². The molecule has 1 atom stereocenters. The van der Waals surface area contributed by atoms with Crippen molar-refractivity contribution in [3.63, 3.8) is 0 Å². The fourth-order valence-corrected chi connectivity index (χ4v) is 3.52. The number of hydrogen-bond acceptors (Lipinski definition) is 3. The van der Waals surface area contributed by atoms with Gasteiger partial charge in [-0.1, -0.05) is 18.2 Å². The zero-order valence-electron chi connectivity index (χ0n) is 14.9. The maximum Gasteiger partial charge on any atom is 0.254 e. The molecule has 138 valence electrons. The van der Waals surface area contributed by atoms with Crippen LogP contribution in [0.5, 0.6) is 0 Å². The zero-order chi connectivity index (χ0) is 18.6. The molecular weight excluding hydrogens is 343 g/mol. The van der Waals surface area contributed by atoms with E-state index >= 15 is 0 Å². The van der Waals surface area contributed by atoms with Crippen LogP contribution in [-0.2, 0) is 0 Å². The molecule has 2 heterocycles. The van der Waals surface area contributed by atoms with E-state index in [1.807, 2.05) is 29.2 Å². The number of nitrogens with one attached hydrogen (secondary N) is 2. The van der Waals surface area contributed by atoms with E-state index in [1.165, 1.54) is 12.1 Å². The molecule has 0 spiro atoms. The second-order valence-corrected chi connectivity index (χ2v) is 6.72. The van der Waals surface area contributed by atoms with Crippen LogP contribution in [0, 0.1) is 5.82 Å². The summed E-state index contributed by atoms with van der Waals surface area (Å²) in [5.74, 6) is 0.445. The van der Waals surface area contributed by atoms with Gasteiger partial charge in [-0.25, -0.2) is 9.37 Å². The molecule has 1 saturated heterocycles. The molecule has 1 amide bonds. The van der Waals surface area contributed by atoms with Gasteiger partial charge in [0.25, 0.3) is 5.91 Å². The molecule has 1 aliphatic heterocycles. The molecule has 2 aromatic carbocycles. The smallest absolute Gasteiger partial charge is 0.254 e. The topological polar surface area (TPSA) is 61.0 Å². The van der Waals surface area contributed by atoms with Crippen LogP contribution >= 0.6 is 0 Å². The minimum absolute atomic E-state index is 0.00704. The van der Waals surface area contributed by atoms with Gasteiger partial charge in [0.1, 0.15) is 11.6 Å². The quantitative estimate of drug-likeness (QED) is 0.737. The Morgan fingerprint density at radius 3 is 2.78 bits per heavy atom. The summed E-state index contributed by atoms with van der Waals surface area (Å²) >= 11 is 0. The summed E-state index contributed by atoms with van der Waals surface area (Å²) in [6.07, 6.45) is 5.33. The molecule has 1 fully saturated rings. The van der Waals surface area contributed by atoms with Crippen molar-refractivity contribution in [2.75, 3.05) is 18.4 Å². The van der Waals surface area contributed by atoms with Crippen LogP contribution in [-0.4, -0.2) is 39.9 Å². The fraction of sp³-hybridized carbons (Fsp3) is 0.238. The molecule has 27 heavy (non-hydrogen) atoms. The van der Waals surface area contributed by atoms with E-state index in [1.54, 1.807) is 24.5 Å². The number of hydrogen-bond donors (Lipinski definition) is 2. The van der Waals surface area contributed by atoms with Crippen molar-refractivity contribution in [3.05, 3.63) is 72.3 Å². The first-order valence-electron chi connectivity index (χ1n) is 9.11. The summed E-state index contributed by atoms with van der Waals surface area (Å²) in [5, 5.41) is 3.41. The molecule has 3 aromatic rings. The van der Waals surface area contributed by atoms with Crippen LogP contribution < -0.4 is 5.32 Å². The van der Waals surface area contributed by atoms with Gasteiger partial charge in [0.15, 0.2) is 0 Å². The van der Waals surface area contributed by atoms with E-state index in [0.29, 0.717) is 17.9 Å². The summed E-state index contributed by atoms with van der Waals surface area (Å²) in [7, 11) is 0. The maximum absolute atomic E-state index is 13.2. The van der Waals surface area contributed by atoms with Gasteiger partial charge < -0.3 is 15.2 Å². The van der Waals surface area contributed by atoms with Gasteiger partial charge >= 0.3 is 0 Å². The van der Waals surface area contributed by atoms with Crippen LogP contribution in [0.15, 0.2) is 60.9 Å². The average Bonchev–Trinajstić information content (AvgIpc) is 3.24. The van der Waals surface area contributed by atoms with Crippen molar-refractivity contribution in [1.82, 2.24) is 14.9 Å². The zero-order valence-corrected chi connectivity index (χ0v) is 14.9. The monoisotopic (exact) mass is 364 g/mol. The number of halogens is 1. The van der Waals surface area contributed by atoms with Gasteiger partial charge in [0.05, 0.1) is 5.56 Å². The molecule has 4 rings (SSSR count). The van der Waals surface area contributed by atoms with Crippen molar-refractivity contribution < 1.29 is 9.18 Å². The third kappa shape index (κ3) is 3.84. The van der Waals surface area contributed by atoms with E-state index in [9.17, 15) is 9.18 Å². The predicted octanol–water partition coefficient (Wildman–Crippen LogP) is 3.93. The number of carbonyl (C=O) groups is 1. The Bertz CT molecular complexity index is 908. The minimum Gasteiger partial charge on any atom is -0.381 e. The predicted molar refractivity (Wildman–Crippen MR) is 103 cm³/mol. The summed E-state index contributed by atoms with van der Waals surface area (Å²) in [5.41, 5.74) is 2.32. The van der Waals surface area contributed by atoms with Gasteiger partial charge in [0.2, 0.25) is 0 Å². The Labute approximate surface area is 157 Å². The number of amides is 1. The summed E-state index contributed by atoms with van der Waals surface area (Å²) < 4.78 is 13.1. The Kier molecular flexibility index (Phi) is 4.87. The number of H-pyrrole nitrogens is 1. The van der Waals surface area contributed by atoms with Crippen LogP contribution in [0.4, 0.5) is 10.1 Å². The number of benzene rings is 2. The Morgan fingerprint density at radius 1 is 1.19 bits per heavy atom. The standard InChI is InChI=1S/C21H21FN4O/c22-15-7-9-16(10-8-15)25-17-4-3-13-26(14-17)21(27)19-6-2-1-5-18(19)20-23-11-12-24-20/h1-2,5-12,17,25H,3-4,13-14H2,(H,23,24)/t17-/m1/s1. The summed E-state index contributed by atoms with van der Waals surface area (Å²) in [6.45, 7) is 1.34. The number of piperidine rings is 1. The highest BCUT2D eigenvalue weighted by Gasteiger charge is 2.26. The van der Waals surface area contributed by atoms with E-state index in [-0.39, 0.29) is 17.8 Å². The van der Waals surface area contributed by atoms with Crippen LogP contribution in [0.25, 0.3) is 11.4 Å². The molecule has 1 aromatic heterocycles. The minimum atomic E-state index is -0.254. The van der Waals surface area contributed by atoms with Crippen molar-refractivity contribution in [1.29, 1.82) is 0 Å². The first kappa shape index (κ1) is 17.3. The van der Waals surface area contributed by atoms with Gasteiger partial charge in [-0.3, -0.25) is 4.79 Å². The Balaban J connectivity index is 1.50. The number of anilines is 1. The highest BCUT2D eigenvalue weighted by molar-refractivity contribution is 6.00. The van der Waals surface area contributed by atoms with Gasteiger partial charge in [-0.05, 0) is 43.2 Å². The number of aromatic amines is 1. The number of nitrogens with zero attached hydrogens (tertiary/aromatic N) is 2. The molecule has 0 radical (unpaired) electrons. The molecule has 0 saturated carbocycles. The third-order valence-corrected chi connectivity index (χ3v) is 4.83. The lowest BCUT2D eigenvalue weighted by Crippen LogP contribution is -2.45. The SMILES string of the molecule is O=C(c1ccccc1-c1ncc[nH]1)N1CCC[C@@H](Nc2ccc(F)cc2)C1. The highest BCUT2D eigenvalue weighted by Crippen LogP contribution is 2.24. The number of aromatic nitrogens is 2. The molecule has 2 N–H and O–H groups in total. The molecule has 5 nitrogen and oxygen atoms in total. The maximum atomic E-state index is 13.2. The number of carbonyl (C=O) groups excluding carboxylic acids is 1. The molecule has 6 heteroatoms. The Morgan fingerprint density at radius 2 is 2.00 bits per heavy atom. The second kappa shape index (κ2) is 7.61. The van der Waals surface area contributed by atoms with Crippen molar-refractivity contribution in [2.45, 2.75) is 18.9 Å². The molecule has 0 unspecified atom stereocenters. The molecule has 1 aliphatic rings. The van der Waals surface area contributed by atoms with E-state index in [4.69, 9.17) is 0 Å². The normalized spacial score (nSPS) is 16.9. The molecule has 0 bridgehead atoms. The molecule has 0 aliphatic carbocycles. The summed E-state index contributed by atoms with van der Waals surface area (Å²) in [6, 6.07) is 14.0. The number of rotatable bonds is 4. The lowest BCUT2D eigenvalue weighted by molar-refractivity contribution is 0.0715. The first-order chi connectivity index (χ1) is 13.2. The number of likely N-dealkylation sites (tertiary alicyclic amines) is 1. The van der Waals surface area contributed by atoms with Crippen molar-refractivity contribution in [3.8, 4) is 11.4 Å². The number of imidazole rings is 1. The lowest BCUT2D eigenvalue weighted by Gasteiger charge is -2.34. The van der Waals surface area contributed by atoms with Gasteiger partial charge in [-0.15, -0.1) is 0 Å². The van der Waals surface area contributed by atoms with Gasteiger partial charge in [-0.2, -0.15) is 0 Å². The molecular formula is C21H21FN4O. The highest BCUT2D eigenvalue weighted by atomic mass is 19.1.